The summed E-state index contributed by atoms with van der Waals surface area (Å²) in [5, 5.41) is 0. The molecule has 1 aliphatic heterocycles. The molecular formula is C10H7F2NO2. The van der Waals surface area contributed by atoms with Crippen molar-refractivity contribution in [2.24, 2.45) is 0 Å². The number of hydrogen-bond donors (Lipinski definition) is 0. The van der Waals surface area contributed by atoms with Gasteiger partial charge in [0.1, 0.15) is 0 Å². The number of nitrogens with zero attached hydrogens (tertiary/aromatic N) is 1. The normalized spacial score (nSPS) is 17.8. The van der Waals surface area contributed by atoms with Gasteiger partial charge in [-0.2, -0.15) is 8.78 Å². The highest BCUT2D eigenvalue weighted by atomic mass is 19.3. The molecule has 0 saturated carbocycles. The van der Waals surface area contributed by atoms with Crippen molar-refractivity contribution >= 4 is 17.5 Å². The molecule has 0 aliphatic carbocycles. The number of benzene rings is 1. The molecule has 0 bridgehead atoms. The summed E-state index contributed by atoms with van der Waals surface area (Å²) in [6, 6.07) is 5.39. The molecule has 78 valence electrons. The van der Waals surface area contributed by atoms with Gasteiger partial charge in [0.2, 0.25) is 5.91 Å². The van der Waals surface area contributed by atoms with E-state index in [0.717, 1.165) is 13.0 Å². The maximum atomic E-state index is 13.4. The summed E-state index contributed by atoms with van der Waals surface area (Å²) in [4.78, 5) is 22.9. The quantitative estimate of drug-likeness (QED) is 0.654. The number of hydrogen-bond acceptors (Lipinski definition) is 2. The first-order valence-corrected chi connectivity index (χ1v) is 4.28. The molecule has 2 amide bonds. The lowest BCUT2D eigenvalue weighted by molar-refractivity contribution is -0.143. The van der Waals surface area contributed by atoms with Crippen molar-refractivity contribution in [2.75, 3.05) is 4.90 Å². The van der Waals surface area contributed by atoms with Crippen LogP contribution in [-0.4, -0.2) is 11.8 Å². The predicted octanol–water partition coefficient (Wildman–Crippen LogP) is 1.67. The maximum absolute atomic E-state index is 13.4. The smallest absolute Gasteiger partial charge is 0.274 e. The van der Waals surface area contributed by atoms with Crippen molar-refractivity contribution in [3.05, 3.63) is 29.8 Å². The van der Waals surface area contributed by atoms with Crippen molar-refractivity contribution in [3.63, 3.8) is 0 Å². The van der Waals surface area contributed by atoms with Crippen LogP contribution in [-0.2, 0) is 15.5 Å². The number of alkyl halides is 2. The topological polar surface area (TPSA) is 37.4 Å². The monoisotopic (exact) mass is 211 g/mol. The summed E-state index contributed by atoms with van der Waals surface area (Å²) < 4.78 is 26.8. The molecule has 0 saturated heterocycles. The van der Waals surface area contributed by atoms with E-state index in [4.69, 9.17) is 0 Å². The van der Waals surface area contributed by atoms with Gasteiger partial charge in [0, 0.05) is 6.92 Å². The molecule has 0 spiro atoms. The molecule has 0 unspecified atom stereocenters. The van der Waals surface area contributed by atoms with Gasteiger partial charge in [-0.25, -0.2) is 4.90 Å². The first-order valence-electron chi connectivity index (χ1n) is 4.28. The Hall–Kier alpha value is -1.78. The molecule has 15 heavy (non-hydrogen) atoms. The van der Waals surface area contributed by atoms with Crippen LogP contribution in [0.2, 0.25) is 0 Å². The second kappa shape index (κ2) is 2.85. The minimum Gasteiger partial charge on any atom is -0.274 e. The fourth-order valence-corrected chi connectivity index (χ4v) is 1.61. The third kappa shape index (κ3) is 1.16. The molecule has 5 heteroatoms. The third-order valence-corrected chi connectivity index (χ3v) is 2.27. The highest BCUT2D eigenvalue weighted by Crippen LogP contribution is 2.43. The van der Waals surface area contributed by atoms with Gasteiger partial charge >= 0.3 is 11.8 Å². The summed E-state index contributed by atoms with van der Waals surface area (Å²) in [6.45, 7) is 1.08. The fourth-order valence-electron chi connectivity index (χ4n) is 1.61. The summed E-state index contributed by atoms with van der Waals surface area (Å²) in [7, 11) is 0. The Morgan fingerprint density at radius 2 is 1.93 bits per heavy atom. The van der Waals surface area contributed by atoms with Gasteiger partial charge in [0.15, 0.2) is 0 Å². The average molecular weight is 211 g/mol. The molecule has 0 atom stereocenters. The largest absolute Gasteiger partial charge is 0.352 e. The molecule has 1 aliphatic rings. The Morgan fingerprint density at radius 1 is 1.33 bits per heavy atom. The summed E-state index contributed by atoms with van der Waals surface area (Å²) in [5.74, 6) is -5.77. The molecule has 0 radical (unpaired) electrons. The van der Waals surface area contributed by atoms with E-state index in [1.54, 1.807) is 0 Å². The molecule has 0 N–H and O–H groups in total. The minimum atomic E-state index is -3.59. The van der Waals surface area contributed by atoms with Gasteiger partial charge in [-0.05, 0) is 6.07 Å². The predicted molar refractivity (Wildman–Crippen MR) is 48.5 cm³/mol. The Morgan fingerprint density at radius 3 is 2.53 bits per heavy atom. The average Bonchev–Trinajstić information content (AvgIpc) is 2.36. The Balaban J connectivity index is 2.67. The third-order valence-electron chi connectivity index (χ3n) is 2.27. The van der Waals surface area contributed by atoms with Crippen LogP contribution >= 0.6 is 0 Å². The van der Waals surface area contributed by atoms with E-state index in [2.05, 4.69) is 0 Å². The summed E-state index contributed by atoms with van der Waals surface area (Å²) in [5.41, 5.74) is -0.440. The minimum absolute atomic E-state index is 0.0278. The molecule has 3 nitrogen and oxygen atoms in total. The van der Waals surface area contributed by atoms with E-state index >= 15 is 0 Å². The van der Waals surface area contributed by atoms with Crippen LogP contribution in [0.15, 0.2) is 24.3 Å². The van der Waals surface area contributed by atoms with Crippen LogP contribution in [0.25, 0.3) is 0 Å². The van der Waals surface area contributed by atoms with Crippen molar-refractivity contribution in [3.8, 4) is 0 Å². The van der Waals surface area contributed by atoms with Gasteiger partial charge < -0.3 is 0 Å². The lowest BCUT2D eigenvalue weighted by Gasteiger charge is -2.11. The molecule has 1 heterocycles. The first kappa shape index (κ1) is 9.76. The Labute approximate surface area is 84.3 Å². The number of imide groups is 1. The van der Waals surface area contributed by atoms with Crippen LogP contribution in [0.1, 0.15) is 12.5 Å². The van der Waals surface area contributed by atoms with Crippen LogP contribution in [0.4, 0.5) is 14.5 Å². The zero-order valence-corrected chi connectivity index (χ0v) is 7.83. The van der Waals surface area contributed by atoms with Gasteiger partial charge in [-0.3, -0.25) is 9.59 Å². The number of anilines is 1. The number of halogens is 2. The van der Waals surface area contributed by atoms with Crippen molar-refractivity contribution in [1.29, 1.82) is 0 Å². The van der Waals surface area contributed by atoms with E-state index in [-0.39, 0.29) is 5.69 Å². The highest BCUT2D eigenvalue weighted by Gasteiger charge is 2.53. The maximum Gasteiger partial charge on any atom is 0.352 e. The van der Waals surface area contributed by atoms with Gasteiger partial charge in [-0.15, -0.1) is 0 Å². The van der Waals surface area contributed by atoms with E-state index in [9.17, 15) is 18.4 Å². The van der Waals surface area contributed by atoms with Crippen LogP contribution in [0.3, 0.4) is 0 Å². The Bertz CT molecular complexity index is 456. The number of rotatable bonds is 0. The number of carbonyl (C=O) groups excluding carboxylic acids is 2. The zero-order chi connectivity index (χ0) is 11.2. The van der Waals surface area contributed by atoms with Gasteiger partial charge in [0.05, 0.1) is 11.3 Å². The van der Waals surface area contributed by atoms with Crippen LogP contribution in [0.5, 0.6) is 0 Å². The standard InChI is InChI=1S/C10H7F2NO2/c1-6(14)13-8-5-3-2-4-7(8)10(11,12)9(13)15/h2-5H,1H3. The highest BCUT2D eigenvalue weighted by molar-refractivity contribution is 6.20. The second-order valence-corrected chi connectivity index (χ2v) is 3.25. The van der Waals surface area contributed by atoms with E-state index < -0.39 is 23.3 Å². The molecule has 0 fully saturated rings. The van der Waals surface area contributed by atoms with Crippen molar-refractivity contribution < 1.29 is 18.4 Å². The molecule has 0 aromatic heterocycles. The van der Waals surface area contributed by atoms with Gasteiger partial charge in [0.25, 0.3) is 0 Å². The van der Waals surface area contributed by atoms with E-state index in [1.807, 2.05) is 0 Å². The molecular weight excluding hydrogens is 204 g/mol. The number of para-hydroxylation sites is 1. The lowest BCUT2D eigenvalue weighted by Crippen LogP contribution is -2.37. The van der Waals surface area contributed by atoms with E-state index in [0.29, 0.717) is 4.90 Å². The second-order valence-electron chi connectivity index (χ2n) is 3.25. The molecule has 2 rings (SSSR count). The number of amides is 2. The van der Waals surface area contributed by atoms with Crippen LogP contribution < -0.4 is 4.90 Å². The molecule has 1 aromatic rings. The lowest BCUT2D eigenvalue weighted by atomic mass is 10.1. The number of fused-ring (bicyclic) bond motifs is 1. The molecule has 1 aromatic carbocycles. The SMILES string of the molecule is CC(=O)N1C(=O)C(F)(F)c2ccccc21. The summed E-state index contributed by atoms with van der Waals surface area (Å²) >= 11 is 0. The van der Waals surface area contributed by atoms with Crippen molar-refractivity contribution in [1.82, 2.24) is 0 Å². The van der Waals surface area contributed by atoms with Crippen molar-refractivity contribution in [2.45, 2.75) is 12.8 Å². The fraction of sp³-hybridized carbons (Fsp3) is 0.200. The van der Waals surface area contributed by atoms with Crippen LogP contribution in [0, 0.1) is 0 Å². The van der Waals surface area contributed by atoms with E-state index in [1.165, 1.54) is 18.2 Å². The zero-order valence-electron chi connectivity index (χ0n) is 7.83. The van der Waals surface area contributed by atoms with Gasteiger partial charge in [-0.1, -0.05) is 18.2 Å². The number of carbonyl (C=O) groups is 2. The first-order chi connectivity index (χ1) is 6.96. The Kier molecular flexibility index (Phi) is 1.86. The summed E-state index contributed by atoms with van der Waals surface area (Å²) in [6.07, 6.45) is 0.